The summed E-state index contributed by atoms with van der Waals surface area (Å²) in [4.78, 5) is 12.2. The minimum absolute atomic E-state index is 0.0283. The van der Waals surface area contributed by atoms with Crippen LogP contribution in [0.4, 0.5) is 0 Å². The smallest absolute Gasteiger partial charge is 0.193 e. The highest BCUT2D eigenvalue weighted by Crippen LogP contribution is 2.15. The van der Waals surface area contributed by atoms with Crippen LogP contribution in [0.3, 0.4) is 0 Å². The quantitative estimate of drug-likeness (QED) is 0.576. The van der Waals surface area contributed by atoms with Crippen molar-refractivity contribution in [3.63, 3.8) is 0 Å². The lowest BCUT2D eigenvalue weighted by Crippen LogP contribution is -2.01. The molecule has 0 bridgehead atoms. The largest absolute Gasteiger partial charge is 0.490 e. The molecule has 2 aromatic rings. The molecule has 0 aromatic heterocycles. The Labute approximate surface area is 127 Å². The Balaban J connectivity index is 0.00000106. The zero-order chi connectivity index (χ0) is 15.5. The van der Waals surface area contributed by atoms with Crippen molar-refractivity contribution in [3.05, 3.63) is 77.9 Å². The summed E-state index contributed by atoms with van der Waals surface area (Å²) in [6.45, 7) is 6.49. The lowest BCUT2D eigenvalue weighted by molar-refractivity contribution is 0.103. The molecule has 2 rings (SSSR count). The SMILES string of the molecule is C/C=C/COc1ccc(C(=O)c2ccccc2)cc1.CC. The molecule has 0 radical (unpaired) electrons. The minimum atomic E-state index is 0.0283. The summed E-state index contributed by atoms with van der Waals surface area (Å²) < 4.78 is 5.49. The molecule has 0 aliphatic carbocycles. The molecule has 2 heteroatoms. The van der Waals surface area contributed by atoms with E-state index in [4.69, 9.17) is 4.74 Å². The number of hydrogen-bond acceptors (Lipinski definition) is 2. The van der Waals surface area contributed by atoms with Gasteiger partial charge < -0.3 is 4.74 Å². The summed E-state index contributed by atoms with van der Waals surface area (Å²) >= 11 is 0. The van der Waals surface area contributed by atoms with Gasteiger partial charge in [-0.1, -0.05) is 56.3 Å². The van der Waals surface area contributed by atoms with Crippen LogP contribution in [0.25, 0.3) is 0 Å². The molecule has 110 valence electrons. The third-order valence-electron chi connectivity index (χ3n) is 2.73. The van der Waals surface area contributed by atoms with E-state index in [2.05, 4.69) is 0 Å². The maximum absolute atomic E-state index is 12.2. The number of ketones is 1. The molecule has 0 heterocycles. The Kier molecular flexibility index (Phi) is 7.59. The van der Waals surface area contributed by atoms with Crippen molar-refractivity contribution in [1.82, 2.24) is 0 Å². The highest BCUT2D eigenvalue weighted by Gasteiger charge is 2.07. The molecule has 0 amide bonds. The van der Waals surface area contributed by atoms with Crippen LogP contribution >= 0.6 is 0 Å². The predicted molar refractivity (Wildman–Crippen MR) is 88.0 cm³/mol. The Morgan fingerprint density at radius 1 is 0.952 bits per heavy atom. The number of ether oxygens (including phenoxy) is 1. The van der Waals surface area contributed by atoms with Crippen molar-refractivity contribution in [2.75, 3.05) is 6.61 Å². The normalized spacial score (nSPS) is 9.86. The lowest BCUT2D eigenvalue weighted by atomic mass is 10.0. The number of carbonyl (C=O) groups excluding carboxylic acids is 1. The van der Waals surface area contributed by atoms with Gasteiger partial charge in [0.25, 0.3) is 0 Å². The van der Waals surface area contributed by atoms with Crippen molar-refractivity contribution in [3.8, 4) is 5.75 Å². The van der Waals surface area contributed by atoms with Gasteiger partial charge in [-0.2, -0.15) is 0 Å². The molecule has 0 saturated heterocycles. The average molecular weight is 282 g/mol. The first-order chi connectivity index (χ1) is 10.3. The number of benzene rings is 2. The zero-order valence-electron chi connectivity index (χ0n) is 12.9. The summed E-state index contributed by atoms with van der Waals surface area (Å²) in [5.74, 6) is 0.795. The van der Waals surface area contributed by atoms with Crippen LogP contribution < -0.4 is 4.74 Å². The van der Waals surface area contributed by atoms with Crippen LogP contribution in [-0.2, 0) is 0 Å². The van der Waals surface area contributed by atoms with E-state index in [1.54, 1.807) is 12.1 Å². The Morgan fingerprint density at radius 2 is 1.52 bits per heavy atom. The molecular weight excluding hydrogens is 260 g/mol. The Bertz CT molecular complexity index is 554. The monoisotopic (exact) mass is 282 g/mol. The van der Waals surface area contributed by atoms with Gasteiger partial charge in [-0.15, -0.1) is 0 Å². The number of hydrogen-bond donors (Lipinski definition) is 0. The summed E-state index contributed by atoms with van der Waals surface area (Å²) in [7, 11) is 0. The van der Waals surface area contributed by atoms with Crippen molar-refractivity contribution >= 4 is 5.78 Å². The second-order valence-corrected chi connectivity index (χ2v) is 4.10. The van der Waals surface area contributed by atoms with Crippen molar-refractivity contribution in [2.24, 2.45) is 0 Å². The van der Waals surface area contributed by atoms with Gasteiger partial charge in [0.05, 0.1) is 0 Å². The van der Waals surface area contributed by atoms with Gasteiger partial charge in [-0.05, 0) is 31.2 Å². The molecule has 0 atom stereocenters. The van der Waals surface area contributed by atoms with E-state index in [1.165, 1.54) is 0 Å². The predicted octanol–water partition coefficient (Wildman–Crippen LogP) is 4.90. The van der Waals surface area contributed by atoms with E-state index in [1.807, 2.05) is 75.4 Å². The molecule has 0 N–H and O–H groups in total. The fourth-order valence-electron chi connectivity index (χ4n) is 1.70. The van der Waals surface area contributed by atoms with Crippen molar-refractivity contribution in [1.29, 1.82) is 0 Å². The van der Waals surface area contributed by atoms with Crippen molar-refractivity contribution < 1.29 is 9.53 Å². The second-order valence-electron chi connectivity index (χ2n) is 4.10. The van der Waals surface area contributed by atoms with E-state index in [-0.39, 0.29) is 5.78 Å². The van der Waals surface area contributed by atoms with Gasteiger partial charge in [-0.3, -0.25) is 4.79 Å². The molecular formula is C19H22O2. The summed E-state index contributed by atoms with van der Waals surface area (Å²) in [5.41, 5.74) is 1.37. The van der Waals surface area contributed by atoms with E-state index in [0.29, 0.717) is 17.7 Å². The van der Waals surface area contributed by atoms with E-state index in [0.717, 1.165) is 5.75 Å². The van der Waals surface area contributed by atoms with Gasteiger partial charge in [0.1, 0.15) is 12.4 Å². The molecule has 2 aromatic carbocycles. The molecule has 0 fully saturated rings. The van der Waals surface area contributed by atoms with Crippen LogP contribution in [0.1, 0.15) is 36.7 Å². The standard InChI is InChI=1S/C17H16O2.C2H6/c1-2-3-13-19-16-11-9-15(10-12-16)17(18)14-7-5-4-6-8-14;1-2/h2-12H,13H2,1H3;1-2H3/b3-2+;. The lowest BCUT2D eigenvalue weighted by Gasteiger charge is -2.05. The summed E-state index contributed by atoms with van der Waals surface area (Å²) in [5, 5.41) is 0. The molecule has 0 spiro atoms. The third kappa shape index (κ3) is 5.27. The van der Waals surface area contributed by atoms with Gasteiger partial charge in [-0.25, -0.2) is 0 Å². The van der Waals surface area contributed by atoms with Gasteiger partial charge in [0.15, 0.2) is 5.78 Å². The van der Waals surface area contributed by atoms with Crippen LogP contribution in [0.2, 0.25) is 0 Å². The fraction of sp³-hybridized carbons (Fsp3) is 0.211. The van der Waals surface area contributed by atoms with Crippen LogP contribution in [0, 0.1) is 0 Å². The topological polar surface area (TPSA) is 26.3 Å². The van der Waals surface area contributed by atoms with Crippen LogP contribution in [0.15, 0.2) is 66.7 Å². The van der Waals surface area contributed by atoms with E-state index in [9.17, 15) is 4.79 Å². The first-order valence-corrected chi connectivity index (χ1v) is 7.25. The number of allylic oxidation sites excluding steroid dienone is 1. The van der Waals surface area contributed by atoms with Gasteiger partial charge >= 0.3 is 0 Å². The first kappa shape index (κ1) is 16.7. The Hall–Kier alpha value is -2.35. The van der Waals surface area contributed by atoms with E-state index >= 15 is 0 Å². The molecule has 0 aliphatic heterocycles. The molecule has 2 nitrogen and oxygen atoms in total. The number of carbonyl (C=O) groups is 1. The maximum atomic E-state index is 12.2. The van der Waals surface area contributed by atoms with Gasteiger partial charge in [0.2, 0.25) is 0 Å². The second kappa shape index (κ2) is 9.54. The van der Waals surface area contributed by atoms with Gasteiger partial charge in [0, 0.05) is 11.1 Å². The first-order valence-electron chi connectivity index (χ1n) is 7.25. The fourth-order valence-corrected chi connectivity index (χ4v) is 1.70. The Morgan fingerprint density at radius 3 is 2.10 bits per heavy atom. The van der Waals surface area contributed by atoms with E-state index < -0.39 is 0 Å². The van der Waals surface area contributed by atoms with Crippen LogP contribution in [-0.4, -0.2) is 12.4 Å². The number of rotatable bonds is 5. The highest BCUT2D eigenvalue weighted by molar-refractivity contribution is 6.08. The molecule has 0 aliphatic rings. The maximum Gasteiger partial charge on any atom is 0.193 e. The minimum Gasteiger partial charge on any atom is -0.490 e. The summed E-state index contributed by atoms with van der Waals surface area (Å²) in [6.07, 6.45) is 3.87. The molecule has 0 saturated carbocycles. The third-order valence-corrected chi connectivity index (χ3v) is 2.73. The zero-order valence-corrected chi connectivity index (χ0v) is 12.9. The van der Waals surface area contributed by atoms with Crippen LogP contribution in [0.5, 0.6) is 5.75 Å². The van der Waals surface area contributed by atoms with Crippen molar-refractivity contribution in [2.45, 2.75) is 20.8 Å². The highest BCUT2D eigenvalue weighted by atomic mass is 16.5. The molecule has 21 heavy (non-hydrogen) atoms. The average Bonchev–Trinajstić information content (AvgIpc) is 2.58. The molecule has 0 unspecified atom stereocenters. The summed E-state index contributed by atoms with van der Waals surface area (Å²) in [6, 6.07) is 16.5.